The minimum absolute atomic E-state index is 0.165. The molecule has 1 saturated heterocycles. The number of thiocarbonyl (C=S) groups is 1. The SMILES string of the molecule is Cc1cccc(NC(=O)CN2C(=O)/C(=C3\SC(=S)N(CCc4ccccc4)C3=O)c3ccccc32)c1. The number of carbonyl (C=O) groups is 3. The van der Waals surface area contributed by atoms with Crippen LogP contribution in [0, 0.1) is 6.92 Å². The van der Waals surface area contributed by atoms with Crippen molar-refractivity contribution in [2.45, 2.75) is 13.3 Å². The highest BCUT2D eigenvalue weighted by Crippen LogP contribution is 2.44. The molecule has 3 aromatic rings. The number of anilines is 2. The highest BCUT2D eigenvalue weighted by molar-refractivity contribution is 8.26. The fourth-order valence-corrected chi connectivity index (χ4v) is 5.73. The smallest absolute Gasteiger partial charge is 0.267 e. The van der Waals surface area contributed by atoms with Gasteiger partial charge in [-0.25, -0.2) is 0 Å². The normalized spacial score (nSPS) is 17.1. The summed E-state index contributed by atoms with van der Waals surface area (Å²) in [6.07, 6.45) is 0.658. The Hall–Kier alpha value is -3.75. The molecule has 5 rings (SSSR count). The molecular weight excluding hydrogens is 490 g/mol. The van der Waals surface area contributed by atoms with Crippen molar-refractivity contribution in [2.75, 3.05) is 23.3 Å². The number of para-hydroxylation sites is 1. The number of rotatable bonds is 6. The molecule has 1 fully saturated rings. The van der Waals surface area contributed by atoms with Crippen LogP contribution in [0.15, 0.2) is 83.8 Å². The third kappa shape index (κ3) is 4.69. The molecule has 36 heavy (non-hydrogen) atoms. The van der Waals surface area contributed by atoms with Crippen LogP contribution in [-0.2, 0) is 20.8 Å². The first kappa shape index (κ1) is 24.0. The van der Waals surface area contributed by atoms with Crippen LogP contribution < -0.4 is 10.2 Å². The number of nitrogens with one attached hydrogen (secondary N) is 1. The van der Waals surface area contributed by atoms with E-state index in [0.717, 1.165) is 22.9 Å². The fourth-order valence-electron chi connectivity index (χ4n) is 4.35. The molecule has 0 aromatic heterocycles. The van der Waals surface area contributed by atoms with Crippen LogP contribution in [0.1, 0.15) is 16.7 Å². The Morgan fingerprint density at radius 3 is 2.44 bits per heavy atom. The van der Waals surface area contributed by atoms with Crippen LogP contribution in [0.25, 0.3) is 5.57 Å². The average Bonchev–Trinajstić information content (AvgIpc) is 3.30. The molecule has 2 heterocycles. The van der Waals surface area contributed by atoms with Gasteiger partial charge in [-0.05, 0) is 42.7 Å². The molecule has 8 heteroatoms. The van der Waals surface area contributed by atoms with Gasteiger partial charge in [-0.3, -0.25) is 24.2 Å². The summed E-state index contributed by atoms with van der Waals surface area (Å²) in [7, 11) is 0. The van der Waals surface area contributed by atoms with E-state index in [2.05, 4.69) is 5.32 Å². The van der Waals surface area contributed by atoms with Crippen LogP contribution in [-0.4, -0.2) is 40.0 Å². The number of hydrogen-bond acceptors (Lipinski definition) is 5. The number of amides is 3. The lowest BCUT2D eigenvalue weighted by atomic mass is 10.1. The van der Waals surface area contributed by atoms with E-state index in [9.17, 15) is 14.4 Å². The van der Waals surface area contributed by atoms with Crippen molar-refractivity contribution >= 4 is 63.0 Å². The summed E-state index contributed by atoms with van der Waals surface area (Å²) in [6.45, 7) is 2.21. The molecule has 0 bridgehead atoms. The van der Waals surface area contributed by atoms with Crippen molar-refractivity contribution in [3.8, 4) is 0 Å². The van der Waals surface area contributed by atoms with Crippen LogP contribution in [0.3, 0.4) is 0 Å². The predicted molar refractivity (Wildman–Crippen MR) is 148 cm³/mol. The summed E-state index contributed by atoms with van der Waals surface area (Å²) in [5, 5.41) is 2.85. The third-order valence-electron chi connectivity index (χ3n) is 6.07. The van der Waals surface area contributed by atoms with Crippen LogP contribution in [0.4, 0.5) is 11.4 Å². The molecule has 6 nitrogen and oxygen atoms in total. The number of carbonyl (C=O) groups excluding carboxylic acids is 3. The summed E-state index contributed by atoms with van der Waals surface area (Å²) in [6, 6.07) is 24.6. The second kappa shape index (κ2) is 10.1. The Morgan fingerprint density at radius 1 is 0.917 bits per heavy atom. The average molecular weight is 514 g/mol. The number of fused-ring (bicyclic) bond motifs is 1. The zero-order valence-electron chi connectivity index (χ0n) is 19.6. The second-order valence-corrected chi connectivity index (χ2v) is 10.2. The molecule has 0 atom stereocenters. The quantitative estimate of drug-likeness (QED) is 0.379. The van der Waals surface area contributed by atoms with Gasteiger partial charge < -0.3 is 5.32 Å². The molecular formula is C28H23N3O3S2. The molecule has 2 aliphatic heterocycles. The molecule has 180 valence electrons. The van der Waals surface area contributed by atoms with E-state index in [1.165, 1.54) is 4.90 Å². The molecule has 0 saturated carbocycles. The highest BCUT2D eigenvalue weighted by Gasteiger charge is 2.42. The largest absolute Gasteiger partial charge is 0.325 e. The number of hydrogen-bond donors (Lipinski definition) is 1. The lowest BCUT2D eigenvalue weighted by Crippen LogP contribution is -2.35. The highest BCUT2D eigenvalue weighted by atomic mass is 32.2. The maximum atomic E-state index is 13.6. The van der Waals surface area contributed by atoms with Gasteiger partial charge in [0.25, 0.3) is 11.8 Å². The Kier molecular flexibility index (Phi) is 6.71. The zero-order valence-corrected chi connectivity index (χ0v) is 21.2. The molecule has 2 aliphatic rings. The van der Waals surface area contributed by atoms with E-state index in [4.69, 9.17) is 12.2 Å². The number of benzene rings is 3. The van der Waals surface area contributed by atoms with Gasteiger partial charge in [0.05, 0.1) is 16.2 Å². The Labute approximate surface area is 219 Å². The van der Waals surface area contributed by atoms with Gasteiger partial charge in [0.1, 0.15) is 10.9 Å². The maximum absolute atomic E-state index is 13.6. The zero-order chi connectivity index (χ0) is 25.2. The standard InChI is InChI=1S/C28H23N3O3S2/c1-18-8-7-11-20(16-18)29-23(32)17-31-22-13-6-5-12-21(22)24(26(31)33)25-27(34)30(28(35)36-25)15-14-19-9-3-2-4-10-19/h2-13,16H,14-15,17H2,1H3,(H,29,32)/b25-24-. The van der Waals surface area contributed by atoms with Crippen LogP contribution in [0.5, 0.6) is 0 Å². The van der Waals surface area contributed by atoms with E-state index < -0.39 is 0 Å². The Balaban J connectivity index is 1.39. The van der Waals surface area contributed by atoms with Gasteiger partial charge in [-0.1, -0.05) is 84.6 Å². The van der Waals surface area contributed by atoms with Crippen LogP contribution in [0.2, 0.25) is 0 Å². The van der Waals surface area contributed by atoms with Gasteiger partial charge in [-0.15, -0.1) is 0 Å². The van der Waals surface area contributed by atoms with E-state index in [1.54, 1.807) is 23.1 Å². The minimum Gasteiger partial charge on any atom is -0.325 e. The van der Waals surface area contributed by atoms with Gasteiger partial charge in [0, 0.05) is 17.8 Å². The van der Waals surface area contributed by atoms with E-state index in [-0.39, 0.29) is 24.3 Å². The summed E-state index contributed by atoms with van der Waals surface area (Å²) < 4.78 is 0.430. The van der Waals surface area contributed by atoms with E-state index in [1.807, 2.05) is 67.6 Å². The van der Waals surface area contributed by atoms with Gasteiger partial charge in [0.15, 0.2) is 0 Å². The monoisotopic (exact) mass is 513 g/mol. The molecule has 0 unspecified atom stereocenters. The maximum Gasteiger partial charge on any atom is 0.267 e. The predicted octanol–water partition coefficient (Wildman–Crippen LogP) is 4.79. The first-order valence-electron chi connectivity index (χ1n) is 11.5. The summed E-state index contributed by atoms with van der Waals surface area (Å²) in [4.78, 5) is 43.1. The molecule has 3 aromatic carbocycles. The van der Waals surface area contributed by atoms with Crippen molar-refractivity contribution in [3.63, 3.8) is 0 Å². The first-order chi connectivity index (χ1) is 17.4. The Morgan fingerprint density at radius 2 is 1.67 bits per heavy atom. The number of thioether (sulfide) groups is 1. The summed E-state index contributed by atoms with van der Waals surface area (Å²) in [5.74, 6) is -0.968. The van der Waals surface area contributed by atoms with Gasteiger partial charge in [0.2, 0.25) is 5.91 Å². The summed E-state index contributed by atoms with van der Waals surface area (Å²) in [5.41, 5.74) is 4.33. The first-order valence-corrected chi connectivity index (χ1v) is 12.7. The van der Waals surface area contributed by atoms with Crippen molar-refractivity contribution in [3.05, 3.63) is 100 Å². The molecule has 0 spiro atoms. The van der Waals surface area contributed by atoms with Crippen molar-refractivity contribution in [1.82, 2.24) is 4.90 Å². The fraction of sp³-hybridized carbons (Fsp3) is 0.143. The van der Waals surface area contributed by atoms with E-state index in [0.29, 0.717) is 44.7 Å². The second-order valence-electron chi connectivity index (χ2n) is 8.59. The van der Waals surface area contributed by atoms with Crippen molar-refractivity contribution < 1.29 is 14.4 Å². The lowest BCUT2D eigenvalue weighted by Gasteiger charge is -2.17. The van der Waals surface area contributed by atoms with Gasteiger partial charge in [-0.2, -0.15) is 0 Å². The molecule has 0 aliphatic carbocycles. The lowest BCUT2D eigenvalue weighted by molar-refractivity contribution is -0.122. The summed E-state index contributed by atoms with van der Waals surface area (Å²) >= 11 is 6.66. The molecule has 3 amide bonds. The van der Waals surface area contributed by atoms with E-state index >= 15 is 0 Å². The van der Waals surface area contributed by atoms with Crippen LogP contribution >= 0.6 is 24.0 Å². The minimum atomic E-state index is -0.376. The van der Waals surface area contributed by atoms with Crippen molar-refractivity contribution in [1.29, 1.82) is 0 Å². The van der Waals surface area contributed by atoms with Gasteiger partial charge >= 0.3 is 0 Å². The number of nitrogens with zero attached hydrogens (tertiary/aromatic N) is 2. The molecule has 1 N–H and O–H groups in total. The number of aryl methyl sites for hydroxylation is 1. The molecule has 0 radical (unpaired) electrons. The van der Waals surface area contributed by atoms with Crippen molar-refractivity contribution in [2.24, 2.45) is 0 Å². The third-order valence-corrected chi connectivity index (χ3v) is 7.52. The Bertz CT molecular complexity index is 1420. The topological polar surface area (TPSA) is 69.7 Å².